The maximum absolute atomic E-state index is 12.1. The number of carbonyl (C=O) groups excluding carboxylic acids is 2. The van der Waals surface area contributed by atoms with Crippen LogP contribution in [0.15, 0.2) is 0 Å². The van der Waals surface area contributed by atoms with E-state index in [9.17, 15) is 19.0 Å². The lowest BCUT2D eigenvalue weighted by molar-refractivity contribution is -0.870. The third kappa shape index (κ3) is 19.4. The maximum atomic E-state index is 12.1. The van der Waals surface area contributed by atoms with Crippen LogP contribution < -0.4 is 0 Å². The number of carbonyl (C=O) groups is 2. The van der Waals surface area contributed by atoms with Gasteiger partial charge in [-0.15, -0.1) is 0 Å². The Labute approximate surface area is 187 Å². The van der Waals surface area contributed by atoms with Gasteiger partial charge >= 0.3 is 19.8 Å². The standard InChI is InChI=1S/C21H42NO8P/c1-6-8-10-12-13-20(23)27-17-19(30-21(24)14-11-9-7-2)18-29-31(25,26)28-16-15-22(3,4)5/h19H,6-18H2,1-5H3/p+1/t19-/m0/s1. The van der Waals surface area contributed by atoms with Gasteiger partial charge in [-0.3, -0.25) is 18.6 Å². The number of rotatable bonds is 19. The van der Waals surface area contributed by atoms with Gasteiger partial charge in [0.25, 0.3) is 0 Å². The van der Waals surface area contributed by atoms with Crippen molar-refractivity contribution in [1.82, 2.24) is 0 Å². The molecule has 0 saturated heterocycles. The van der Waals surface area contributed by atoms with Gasteiger partial charge in [-0.05, 0) is 12.8 Å². The third-order valence-corrected chi connectivity index (χ3v) is 5.37. The summed E-state index contributed by atoms with van der Waals surface area (Å²) >= 11 is 0. The van der Waals surface area contributed by atoms with E-state index in [1.54, 1.807) is 0 Å². The highest BCUT2D eigenvalue weighted by Crippen LogP contribution is 2.43. The van der Waals surface area contributed by atoms with Crippen molar-refractivity contribution in [1.29, 1.82) is 0 Å². The average Bonchev–Trinajstić information content (AvgIpc) is 2.66. The van der Waals surface area contributed by atoms with E-state index in [-0.39, 0.29) is 26.1 Å². The highest BCUT2D eigenvalue weighted by atomic mass is 31.2. The molecule has 0 aromatic rings. The van der Waals surface area contributed by atoms with Crippen molar-refractivity contribution in [2.75, 3.05) is 47.5 Å². The molecule has 0 aromatic heterocycles. The summed E-state index contributed by atoms with van der Waals surface area (Å²) in [7, 11) is 1.47. The number of hydrogen-bond acceptors (Lipinski definition) is 7. The molecule has 1 N–H and O–H groups in total. The van der Waals surface area contributed by atoms with Crippen LogP contribution in [0.2, 0.25) is 0 Å². The van der Waals surface area contributed by atoms with Crippen molar-refractivity contribution in [3.05, 3.63) is 0 Å². The zero-order chi connectivity index (χ0) is 23.8. The molecule has 31 heavy (non-hydrogen) atoms. The summed E-state index contributed by atoms with van der Waals surface area (Å²) in [4.78, 5) is 33.8. The van der Waals surface area contributed by atoms with Crippen LogP contribution in [0.4, 0.5) is 0 Å². The topological polar surface area (TPSA) is 108 Å². The van der Waals surface area contributed by atoms with Crippen molar-refractivity contribution in [3.63, 3.8) is 0 Å². The number of phosphoric acid groups is 1. The first kappa shape index (κ1) is 30.0. The zero-order valence-electron chi connectivity index (χ0n) is 20.0. The van der Waals surface area contributed by atoms with Crippen LogP contribution in [-0.4, -0.2) is 74.9 Å². The van der Waals surface area contributed by atoms with E-state index in [2.05, 4.69) is 6.92 Å². The normalized spacial score (nSPS) is 14.6. The van der Waals surface area contributed by atoms with E-state index in [0.29, 0.717) is 17.4 Å². The first-order valence-electron chi connectivity index (χ1n) is 11.3. The Kier molecular flexibility index (Phi) is 16.1. The van der Waals surface area contributed by atoms with Gasteiger partial charge < -0.3 is 18.9 Å². The van der Waals surface area contributed by atoms with Crippen LogP contribution in [0.3, 0.4) is 0 Å². The molecule has 0 bridgehead atoms. The molecular weight excluding hydrogens is 425 g/mol. The Morgan fingerprint density at radius 1 is 0.871 bits per heavy atom. The molecule has 2 atom stereocenters. The zero-order valence-corrected chi connectivity index (χ0v) is 20.9. The number of esters is 2. The van der Waals surface area contributed by atoms with Gasteiger partial charge in [0, 0.05) is 12.8 Å². The average molecular weight is 469 g/mol. The Morgan fingerprint density at radius 3 is 2.06 bits per heavy atom. The summed E-state index contributed by atoms with van der Waals surface area (Å²) in [6.07, 6.45) is 5.89. The molecule has 0 aliphatic heterocycles. The van der Waals surface area contributed by atoms with E-state index < -0.39 is 32.5 Å². The highest BCUT2D eigenvalue weighted by molar-refractivity contribution is 7.47. The first-order valence-corrected chi connectivity index (χ1v) is 12.8. The lowest BCUT2D eigenvalue weighted by Gasteiger charge is -2.24. The molecule has 0 rings (SSSR count). The largest absolute Gasteiger partial charge is 0.472 e. The van der Waals surface area contributed by atoms with Crippen molar-refractivity contribution in [2.24, 2.45) is 0 Å². The molecule has 9 nitrogen and oxygen atoms in total. The van der Waals surface area contributed by atoms with E-state index in [1.165, 1.54) is 0 Å². The van der Waals surface area contributed by atoms with Gasteiger partial charge in [-0.25, -0.2) is 4.57 Å². The fourth-order valence-corrected chi connectivity index (χ4v) is 3.22. The van der Waals surface area contributed by atoms with E-state index in [4.69, 9.17) is 18.5 Å². The third-order valence-electron chi connectivity index (χ3n) is 4.39. The van der Waals surface area contributed by atoms with Gasteiger partial charge in [0.2, 0.25) is 0 Å². The Morgan fingerprint density at radius 2 is 1.45 bits per heavy atom. The van der Waals surface area contributed by atoms with Crippen molar-refractivity contribution in [3.8, 4) is 0 Å². The predicted molar refractivity (Wildman–Crippen MR) is 118 cm³/mol. The molecule has 0 fully saturated rings. The number of hydrogen-bond donors (Lipinski definition) is 1. The Bertz CT molecular complexity index is 550. The van der Waals surface area contributed by atoms with Gasteiger partial charge in [0.15, 0.2) is 6.10 Å². The SMILES string of the molecule is CCCCCCC(=O)OC[C@@H](COP(=O)(O)OCC[N+](C)(C)C)OC(=O)CCCCC. The quantitative estimate of drug-likeness (QED) is 0.132. The molecule has 0 aromatic carbocycles. The number of phosphoric ester groups is 1. The molecule has 0 heterocycles. The Balaban J connectivity index is 4.62. The monoisotopic (exact) mass is 468 g/mol. The van der Waals surface area contributed by atoms with Crippen molar-refractivity contribution in [2.45, 2.75) is 77.7 Å². The van der Waals surface area contributed by atoms with Gasteiger partial charge in [-0.2, -0.15) is 0 Å². The van der Waals surface area contributed by atoms with Gasteiger partial charge in [0.05, 0.1) is 27.7 Å². The van der Waals surface area contributed by atoms with Crippen molar-refractivity contribution < 1.29 is 42.1 Å². The van der Waals surface area contributed by atoms with E-state index in [1.807, 2.05) is 28.1 Å². The van der Waals surface area contributed by atoms with Crippen LogP contribution >= 0.6 is 7.82 Å². The number of ether oxygens (including phenoxy) is 2. The molecular formula is C21H43NO8P+. The smallest absolute Gasteiger partial charge is 0.462 e. The summed E-state index contributed by atoms with van der Waals surface area (Å²) in [6, 6.07) is 0. The molecule has 0 amide bonds. The fraction of sp³-hybridized carbons (Fsp3) is 0.905. The van der Waals surface area contributed by atoms with Crippen LogP contribution in [0, 0.1) is 0 Å². The first-order chi connectivity index (χ1) is 14.5. The number of likely N-dealkylation sites (N-methyl/N-ethyl adjacent to an activating group) is 1. The van der Waals surface area contributed by atoms with Crippen molar-refractivity contribution >= 4 is 19.8 Å². The molecule has 0 radical (unpaired) electrons. The van der Waals surface area contributed by atoms with E-state index in [0.717, 1.165) is 38.5 Å². The van der Waals surface area contributed by atoms with E-state index >= 15 is 0 Å². The Hall–Kier alpha value is -0.990. The number of quaternary nitrogens is 1. The summed E-state index contributed by atoms with van der Waals surface area (Å²) < 4.78 is 33.1. The minimum Gasteiger partial charge on any atom is -0.462 e. The molecule has 0 aliphatic rings. The second kappa shape index (κ2) is 16.6. The molecule has 10 heteroatoms. The number of nitrogens with zero attached hydrogens (tertiary/aromatic N) is 1. The van der Waals surface area contributed by atoms with Crippen LogP contribution in [0.5, 0.6) is 0 Å². The summed E-state index contributed by atoms with van der Waals surface area (Å²) in [5.74, 6) is -0.853. The summed E-state index contributed by atoms with van der Waals surface area (Å²) in [5, 5.41) is 0. The molecule has 0 spiro atoms. The van der Waals surface area contributed by atoms with Crippen LogP contribution in [0.25, 0.3) is 0 Å². The minimum atomic E-state index is -4.32. The lowest BCUT2D eigenvalue weighted by Crippen LogP contribution is -2.37. The second-order valence-corrected chi connectivity index (χ2v) is 10.1. The molecule has 0 aliphatic carbocycles. The minimum absolute atomic E-state index is 0.0332. The van der Waals surface area contributed by atoms with Crippen LogP contribution in [-0.2, 0) is 32.7 Å². The van der Waals surface area contributed by atoms with Gasteiger partial charge in [0.1, 0.15) is 19.8 Å². The second-order valence-electron chi connectivity index (χ2n) is 8.67. The maximum Gasteiger partial charge on any atom is 0.472 e. The lowest BCUT2D eigenvalue weighted by atomic mass is 10.2. The summed E-state index contributed by atoms with van der Waals surface area (Å²) in [6.45, 7) is 4.03. The molecule has 0 saturated carbocycles. The molecule has 184 valence electrons. The number of unbranched alkanes of at least 4 members (excludes halogenated alkanes) is 5. The highest BCUT2D eigenvalue weighted by Gasteiger charge is 2.26. The molecule has 1 unspecified atom stereocenters. The predicted octanol–water partition coefficient (Wildman–Crippen LogP) is 3.83. The summed E-state index contributed by atoms with van der Waals surface area (Å²) in [5.41, 5.74) is 0. The van der Waals surface area contributed by atoms with Crippen LogP contribution in [0.1, 0.15) is 71.6 Å². The van der Waals surface area contributed by atoms with Gasteiger partial charge in [-0.1, -0.05) is 46.0 Å². The fourth-order valence-electron chi connectivity index (χ4n) is 2.48.